The molecule has 12 heavy (non-hydrogen) atoms. The molecule has 0 N–H and O–H groups in total. The molecule has 0 fully saturated rings. The van der Waals surface area contributed by atoms with Crippen molar-refractivity contribution < 1.29 is 8.42 Å². The minimum absolute atomic E-state index is 0.424. The highest BCUT2D eigenvalue weighted by Crippen LogP contribution is 2.26. The van der Waals surface area contributed by atoms with Gasteiger partial charge in [-0.15, -0.1) is 0 Å². The van der Waals surface area contributed by atoms with E-state index in [9.17, 15) is 8.42 Å². The zero-order valence-corrected chi connectivity index (χ0v) is 7.43. The summed E-state index contributed by atoms with van der Waals surface area (Å²) in [5.74, 6) is 0. The third-order valence-corrected chi connectivity index (χ3v) is 3.38. The molecule has 1 heterocycles. The molecule has 0 bridgehead atoms. The van der Waals surface area contributed by atoms with Crippen LogP contribution in [0.15, 0.2) is 28.5 Å². The van der Waals surface area contributed by atoms with Crippen LogP contribution in [0.1, 0.15) is 11.1 Å². The summed E-state index contributed by atoms with van der Waals surface area (Å²) in [5.41, 5.74) is 1.88. The maximum absolute atomic E-state index is 11.3. The van der Waals surface area contributed by atoms with Crippen molar-refractivity contribution in [3.8, 4) is 0 Å². The number of sulfone groups is 1. The van der Waals surface area contributed by atoms with E-state index in [0.29, 0.717) is 4.90 Å². The van der Waals surface area contributed by atoms with Crippen molar-refractivity contribution in [2.75, 3.05) is 0 Å². The maximum Gasteiger partial charge on any atom is 0.200 e. The van der Waals surface area contributed by atoms with Crippen LogP contribution in [0.5, 0.6) is 0 Å². The molecule has 2 nitrogen and oxygen atoms in total. The number of fused-ring (bicyclic) bond motifs is 1. The van der Waals surface area contributed by atoms with Crippen LogP contribution >= 0.6 is 0 Å². The molecule has 0 saturated carbocycles. The second-order valence-electron chi connectivity index (χ2n) is 2.89. The van der Waals surface area contributed by atoms with E-state index in [1.807, 2.05) is 19.1 Å². The Morgan fingerprint density at radius 1 is 1.25 bits per heavy atom. The van der Waals surface area contributed by atoms with Gasteiger partial charge >= 0.3 is 0 Å². The van der Waals surface area contributed by atoms with Gasteiger partial charge in [-0.2, -0.15) is 0 Å². The third kappa shape index (κ3) is 0.975. The van der Waals surface area contributed by atoms with Crippen molar-refractivity contribution in [1.82, 2.24) is 0 Å². The summed E-state index contributed by atoms with van der Waals surface area (Å²) in [5, 5.41) is 1.25. The molecular formula is C9H8O2S. The lowest BCUT2D eigenvalue weighted by atomic mass is 10.1. The van der Waals surface area contributed by atoms with Crippen LogP contribution in [-0.2, 0) is 9.84 Å². The van der Waals surface area contributed by atoms with Crippen molar-refractivity contribution in [1.29, 1.82) is 0 Å². The zero-order valence-electron chi connectivity index (χ0n) is 6.61. The van der Waals surface area contributed by atoms with E-state index in [1.165, 1.54) is 5.41 Å². The smallest absolute Gasteiger partial charge is 0.200 e. The summed E-state index contributed by atoms with van der Waals surface area (Å²) in [6.07, 6.45) is 1.64. The fraction of sp³-hybridized carbons (Fsp3) is 0.111. The first kappa shape index (κ1) is 7.55. The van der Waals surface area contributed by atoms with Crippen molar-refractivity contribution in [3.05, 3.63) is 34.7 Å². The van der Waals surface area contributed by atoms with E-state index in [0.717, 1.165) is 11.1 Å². The zero-order chi connectivity index (χ0) is 8.77. The lowest BCUT2D eigenvalue weighted by Gasteiger charge is -1.98. The first-order valence-corrected chi connectivity index (χ1v) is 5.18. The predicted octanol–water partition coefficient (Wildman–Crippen LogP) is 1.75. The number of aryl methyl sites for hydroxylation is 1. The van der Waals surface area contributed by atoms with E-state index >= 15 is 0 Å². The van der Waals surface area contributed by atoms with Gasteiger partial charge < -0.3 is 0 Å². The van der Waals surface area contributed by atoms with Gasteiger partial charge in [0.05, 0.1) is 4.90 Å². The topological polar surface area (TPSA) is 34.1 Å². The number of hydrogen-bond acceptors (Lipinski definition) is 2. The van der Waals surface area contributed by atoms with Crippen molar-refractivity contribution >= 4 is 15.9 Å². The van der Waals surface area contributed by atoms with Crippen LogP contribution in [0.3, 0.4) is 0 Å². The van der Waals surface area contributed by atoms with E-state index < -0.39 is 9.84 Å². The Bertz CT molecular complexity index is 455. The van der Waals surface area contributed by atoms with Gasteiger partial charge in [-0.05, 0) is 24.6 Å². The summed E-state index contributed by atoms with van der Waals surface area (Å²) in [6.45, 7) is 1.94. The second kappa shape index (κ2) is 2.20. The van der Waals surface area contributed by atoms with Crippen molar-refractivity contribution in [2.45, 2.75) is 11.8 Å². The second-order valence-corrected chi connectivity index (χ2v) is 4.69. The molecule has 1 aliphatic heterocycles. The van der Waals surface area contributed by atoms with Gasteiger partial charge in [-0.1, -0.05) is 17.7 Å². The molecule has 3 heteroatoms. The standard InChI is InChI=1S/C9H8O2S/c1-7-2-3-9-8(6-7)4-5-12(9,10)11/h2-6H,1H3. The summed E-state index contributed by atoms with van der Waals surface area (Å²) >= 11 is 0. The Morgan fingerprint density at radius 3 is 2.75 bits per heavy atom. The Kier molecular flexibility index (Phi) is 1.38. The SMILES string of the molecule is Cc1ccc2c(c1)C=CS2(=O)=O. The molecule has 0 aliphatic carbocycles. The van der Waals surface area contributed by atoms with Crippen molar-refractivity contribution in [3.63, 3.8) is 0 Å². The molecule has 0 saturated heterocycles. The van der Waals surface area contributed by atoms with Crippen LogP contribution in [0.4, 0.5) is 0 Å². The lowest BCUT2D eigenvalue weighted by molar-refractivity contribution is 0.605. The highest BCUT2D eigenvalue weighted by Gasteiger charge is 2.19. The molecule has 1 aromatic rings. The van der Waals surface area contributed by atoms with Gasteiger partial charge in [-0.3, -0.25) is 0 Å². The summed E-state index contributed by atoms with van der Waals surface area (Å²) < 4.78 is 22.6. The fourth-order valence-electron chi connectivity index (χ4n) is 1.29. The fourth-order valence-corrected chi connectivity index (χ4v) is 2.48. The quantitative estimate of drug-likeness (QED) is 0.609. The van der Waals surface area contributed by atoms with E-state index in [1.54, 1.807) is 12.1 Å². The molecule has 1 aromatic carbocycles. The van der Waals surface area contributed by atoms with E-state index in [-0.39, 0.29) is 0 Å². The lowest BCUT2D eigenvalue weighted by Crippen LogP contribution is -1.92. The highest BCUT2D eigenvalue weighted by molar-refractivity contribution is 7.94. The summed E-state index contributed by atoms with van der Waals surface area (Å²) in [6, 6.07) is 5.33. The molecule has 0 amide bonds. The van der Waals surface area contributed by atoms with Crippen LogP contribution in [0.2, 0.25) is 0 Å². The van der Waals surface area contributed by atoms with Gasteiger partial charge in [0.1, 0.15) is 0 Å². The first-order chi connectivity index (χ1) is 5.59. The Hall–Kier alpha value is -1.09. The average molecular weight is 180 g/mol. The highest BCUT2D eigenvalue weighted by atomic mass is 32.2. The molecule has 1 aliphatic rings. The van der Waals surface area contributed by atoms with Crippen LogP contribution in [0.25, 0.3) is 6.08 Å². The van der Waals surface area contributed by atoms with Gasteiger partial charge in [0.25, 0.3) is 0 Å². The average Bonchev–Trinajstić information content (AvgIpc) is 2.27. The van der Waals surface area contributed by atoms with Crippen LogP contribution in [-0.4, -0.2) is 8.42 Å². The molecule has 2 rings (SSSR count). The largest absolute Gasteiger partial charge is 0.219 e. The first-order valence-electron chi connectivity index (χ1n) is 3.63. The number of benzene rings is 1. The van der Waals surface area contributed by atoms with E-state index in [2.05, 4.69) is 0 Å². The van der Waals surface area contributed by atoms with Gasteiger partial charge in [-0.25, -0.2) is 8.42 Å². The molecular weight excluding hydrogens is 172 g/mol. The third-order valence-electron chi connectivity index (χ3n) is 1.90. The maximum atomic E-state index is 11.3. The molecule has 0 atom stereocenters. The Balaban J connectivity index is 2.78. The molecule has 62 valence electrons. The van der Waals surface area contributed by atoms with Gasteiger partial charge in [0.2, 0.25) is 0 Å². The molecule has 0 radical (unpaired) electrons. The Labute approximate surface area is 71.5 Å². The normalized spacial score (nSPS) is 17.8. The predicted molar refractivity (Wildman–Crippen MR) is 47.4 cm³/mol. The van der Waals surface area contributed by atoms with E-state index in [4.69, 9.17) is 0 Å². The molecule has 0 unspecified atom stereocenters. The minimum atomic E-state index is -3.10. The number of rotatable bonds is 0. The summed E-state index contributed by atoms with van der Waals surface area (Å²) in [7, 11) is -3.10. The summed E-state index contributed by atoms with van der Waals surface area (Å²) in [4.78, 5) is 0.424. The number of hydrogen-bond donors (Lipinski definition) is 0. The van der Waals surface area contributed by atoms with Gasteiger partial charge in [0, 0.05) is 5.41 Å². The molecule has 0 spiro atoms. The molecule has 0 aromatic heterocycles. The minimum Gasteiger partial charge on any atom is -0.219 e. The van der Waals surface area contributed by atoms with Crippen molar-refractivity contribution in [2.24, 2.45) is 0 Å². The Morgan fingerprint density at radius 2 is 2.00 bits per heavy atom. The van der Waals surface area contributed by atoms with Gasteiger partial charge in [0.15, 0.2) is 9.84 Å². The monoisotopic (exact) mass is 180 g/mol. The van der Waals surface area contributed by atoms with Crippen LogP contribution < -0.4 is 0 Å². The van der Waals surface area contributed by atoms with Crippen LogP contribution in [0, 0.1) is 6.92 Å².